The van der Waals surface area contributed by atoms with Crippen LogP contribution in [0.3, 0.4) is 0 Å². The molecule has 0 N–H and O–H groups in total. The van der Waals surface area contributed by atoms with E-state index in [1.54, 1.807) is 0 Å². The molecular weight excluding hydrogens is 472 g/mol. The van der Waals surface area contributed by atoms with Gasteiger partial charge in [-0.15, -0.1) is 6.92 Å². The number of hydrogen-bond donors (Lipinski definition) is 0. The summed E-state index contributed by atoms with van der Waals surface area (Å²) >= 11 is 0. The van der Waals surface area contributed by atoms with E-state index in [9.17, 15) is 0 Å². The Kier molecular flexibility index (Phi) is 11.7. The van der Waals surface area contributed by atoms with Gasteiger partial charge in [0.1, 0.15) is 8.07 Å². The van der Waals surface area contributed by atoms with E-state index in [2.05, 4.69) is 127 Å². The Morgan fingerprint density at radius 3 is 1.37 bits per heavy atom. The van der Waals surface area contributed by atoms with Crippen LogP contribution in [0.2, 0.25) is 5.04 Å². The molecule has 0 bridgehead atoms. The van der Waals surface area contributed by atoms with Crippen molar-refractivity contribution in [2.24, 2.45) is 0 Å². The Bertz CT molecular complexity index is 1130. The van der Waals surface area contributed by atoms with Gasteiger partial charge in [0, 0.05) is 0 Å². The first-order valence-electron chi connectivity index (χ1n) is 11.2. The van der Waals surface area contributed by atoms with Crippen LogP contribution in [-0.4, -0.2) is 8.07 Å². The number of allylic oxidation sites excluding steroid dienone is 4. The van der Waals surface area contributed by atoms with Gasteiger partial charge in [0.25, 0.3) is 0 Å². The molecule has 35 heavy (non-hydrogen) atoms. The van der Waals surface area contributed by atoms with E-state index in [0.717, 1.165) is 0 Å². The molecular formula is C33H42SiTi. The molecule has 4 rings (SSSR count). The number of hydrogen-bond acceptors (Lipinski definition) is 0. The molecule has 0 fully saturated rings. The molecule has 1 unspecified atom stereocenters. The summed E-state index contributed by atoms with van der Waals surface area (Å²) in [7, 11) is -2.54. The van der Waals surface area contributed by atoms with Gasteiger partial charge in [-0.2, -0.15) is 11.1 Å². The van der Waals surface area contributed by atoms with Gasteiger partial charge < -0.3 is 22.3 Å². The molecule has 0 spiro atoms. The molecule has 0 saturated heterocycles. The van der Waals surface area contributed by atoms with Crippen molar-refractivity contribution in [2.75, 3.05) is 0 Å². The maximum atomic E-state index is 4.02. The Morgan fingerprint density at radius 2 is 1.03 bits per heavy atom. The smallest absolute Gasteiger partial charge is 0.358 e. The second-order valence-corrected chi connectivity index (χ2v) is 13.6. The third-order valence-electron chi connectivity index (χ3n) is 7.84. The molecule has 1 aliphatic rings. The maximum absolute atomic E-state index is 4.02. The van der Waals surface area contributed by atoms with Crippen LogP contribution in [0, 0.1) is 49.1 Å². The summed E-state index contributed by atoms with van der Waals surface area (Å²) in [5.74, 6) is 0. The summed E-state index contributed by atoms with van der Waals surface area (Å²) in [5, 5.41) is 4.20. The normalized spacial score (nSPS) is 16.8. The van der Waals surface area contributed by atoms with Crippen LogP contribution in [0.5, 0.6) is 0 Å². The largest absolute Gasteiger partial charge is 4.00 e. The van der Waals surface area contributed by atoms with E-state index in [1.165, 1.54) is 49.0 Å². The van der Waals surface area contributed by atoms with Crippen LogP contribution in [0.25, 0.3) is 0 Å². The Hall–Kier alpha value is -1.93. The molecule has 1 atom stereocenters. The van der Waals surface area contributed by atoms with E-state index in [-0.39, 0.29) is 49.0 Å². The zero-order valence-corrected chi connectivity index (χ0v) is 26.0. The molecule has 182 valence electrons. The molecule has 0 amide bonds. The molecule has 2 heteroatoms. The van der Waals surface area contributed by atoms with Crippen molar-refractivity contribution in [2.45, 2.75) is 53.5 Å². The summed E-state index contributed by atoms with van der Waals surface area (Å²) in [5.41, 5.74) is 8.29. The van der Waals surface area contributed by atoms with Gasteiger partial charge in [-0.1, -0.05) is 98.6 Å². The summed E-state index contributed by atoms with van der Waals surface area (Å²) in [6, 6.07) is 27.4. The number of aryl methyl sites for hydroxylation is 2. The van der Waals surface area contributed by atoms with E-state index >= 15 is 0 Å². The van der Waals surface area contributed by atoms with Gasteiger partial charge in [-0.05, 0) is 53.0 Å². The van der Waals surface area contributed by atoms with E-state index < -0.39 is 8.07 Å². The topological polar surface area (TPSA) is 0 Å². The Labute approximate surface area is 232 Å². The van der Waals surface area contributed by atoms with Gasteiger partial charge in [-0.3, -0.25) is 6.08 Å². The minimum Gasteiger partial charge on any atom is -0.358 e. The Morgan fingerprint density at radius 1 is 0.629 bits per heavy atom. The molecule has 0 saturated carbocycles. The van der Waals surface area contributed by atoms with Gasteiger partial charge >= 0.3 is 21.7 Å². The molecule has 0 aliphatic heterocycles. The van der Waals surface area contributed by atoms with Crippen molar-refractivity contribution in [3.05, 3.63) is 135 Å². The summed E-state index contributed by atoms with van der Waals surface area (Å²) in [6.45, 7) is 16.0. The number of benzene rings is 3. The predicted octanol–water partition coefficient (Wildman–Crippen LogP) is 7.29. The van der Waals surface area contributed by atoms with Crippen LogP contribution in [0.15, 0.2) is 89.5 Å². The fourth-order valence-corrected chi connectivity index (χ4v) is 11.7. The summed E-state index contributed by atoms with van der Waals surface area (Å²) in [6.07, 6.45) is 4.02. The first kappa shape index (κ1) is 33.1. The summed E-state index contributed by atoms with van der Waals surface area (Å²) < 4.78 is 0. The quantitative estimate of drug-likeness (QED) is 0.195. The van der Waals surface area contributed by atoms with Crippen LogP contribution < -0.4 is 15.6 Å². The van der Waals surface area contributed by atoms with Crippen LogP contribution in [0.1, 0.15) is 44.4 Å². The molecule has 1 aliphatic carbocycles. The van der Waals surface area contributed by atoms with Crippen LogP contribution >= 0.6 is 0 Å². The first-order valence-corrected chi connectivity index (χ1v) is 13.2. The minimum atomic E-state index is -2.54. The molecule has 3 aromatic carbocycles. The second kappa shape index (κ2) is 12.3. The predicted molar refractivity (Wildman–Crippen MR) is 157 cm³/mol. The van der Waals surface area contributed by atoms with E-state index in [0.29, 0.717) is 0 Å². The minimum absolute atomic E-state index is 0. The number of rotatable bonds is 4. The van der Waals surface area contributed by atoms with Crippen molar-refractivity contribution in [3.63, 3.8) is 0 Å². The average Bonchev–Trinajstić information content (AvgIpc) is 2.97. The second-order valence-electron chi connectivity index (χ2n) is 9.34. The van der Waals surface area contributed by atoms with Crippen LogP contribution in [-0.2, 0) is 21.7 Å². The zero-order chi connectivity index (χ0) is 22.4. The van der Waals surface area contributed by atoms with Crippen LogP contribution in [0.4, 0.5) is 0 Å². The monoisotopic (exact) mass is 514 g/mol. The van der Waals surface area contributed by atoms with Gasteiger partial charge in [0.2, 0.25) is 0 Å². The van der Waals surface area contributed by atoms with Crippen molar-refractivity contribution in [3.8, 4) is 0 Å². The van der Waals surface area contributed by atoms with Crippen molar-refractivity contribution >= 4 is 23.6 Å². The fraction of sp³-hybridized carbons (Fsp3) is 0.242. The van der Waals surface area contributed by atoms with Gasteiger partial charge in [-0.25, -0.2) is 5.57 Å². The van der Waals surface area contributed by atoms with Crippen molar-refractivity contribution in [1.29, 1.82) is 0 Å². The van der Waals surface area contributed by atoms with E-state index in [1.807, 2.05) is 0 Å². The third-order valence-corrected chi connectivity index (χ3v) is 13.4. The maximum Gasteiger partial charge on any atom is 4.00 e. The standard InChI is InChI=1S/C30H33Si.3CH3.Ti/c1-21-18-29(19-22(2)24(21)4)31(27-14-10-8-11-15-27,28-16-12-9-13-17-28)30(7)20-23(3)25(5)26(30)6;;;;/h8-19H,1-7H3;3*1H3;/q4*-1;+4. The molecule has 0 radical (unpaired) electrons. The molecule has 0 aromatic heterocycles. The Balaban J connectivity index is 0.00000289. The SMILES string of the molecule is CC1=[C-]C(C)([Si](c2ccccc2)(c2ccccc2)c2cc(C)c(C)c(C)c2)C(C)=C1C.[CH3-].[CH3-].[CH3-].[Ti+4]. The van der Waals surface area contributed by atoms with Crippen molar-refractivity contribution < 1.29 is 21.7 Å². The molecule has 3 aromatic rings. The van der Waals surface area contributed by atoms with Gasteiger partial charge in [0.15, 0.2) is 0 Å². The molecule has 0 heterocycles. The average molecular weight is 515 g/mol. The molecule has 0 nitrogen and oxygen atoms in total. The first-order chi connectivity index (χ1) is 14.7. The zero-order valence-electron chi connectivity index (χ0n) is 23.4. The fourth-order valence-electron chi connectivity index (χ4n) is 5.59. The van der Waals surface area contributed by atoms with E-state index in [4.69, 9.17) is 0 Å². The third kappa shape index (κ3) is 5.01. The van der Waals surface area contributed by atoms with Gasteiger partial charge in [0.05, 0.1) is 0 Å². The van der Waals surface area contributed by atoms with Crippen molar-refractivity contribution in [1.82, 2.24) is 0 Å². The summed E-state index contributed by atoms with van der Waals surface area (Å²) in [4.78, 5) is 0.